The van der Waals surface area contributed by atoms with E-state index in [0.29, 0.717) is 29.8 Å². The number of amides is 2. The Morgan fingerprint density at radius 3 is 2.44 bits per heavy atom. The van der Waals surface area contributed by atoms with Crippen LogP contribution in [0.5, 0.6) is 5.75 Å². The number of hydrogen-bond acceptors (Lipinski definition) is 6. The molecule has 5 rings (SSSR count). The highest BCUT2D eigenvalue weighted by atomic mass is 35.5. The lowest BCUT2D eigenvalue weighted by Crippen LogP contribution is -2.32. The fourth-order valence-corrected chi connectivity index (χ4v) is 4.12. The standard InChI is InChI=1S/C23H17ClFN3O4/c24-16-10-17(25)18(28-22(29)14-8-4-5-9-15(14)23(28)30)11-19(16)31-12-20-26-21(27-32-20)13-6-2-1-3-7-13/h1-3,6-7,10-11H,4-5,8-9,12H2. The maximum Gasteiger partial charge on any atom is 0.264 e. The van der Waals surface area contributed by atoms with Gasteiger partial charge in [-0.2, -0.15) is 4.98 Å². The molecule has 162 valence electrons. The van der Waals surface area contributed by atoms with Gasteiger partial charge >= 0.3 is 0 Å². The van der Waals surface area contributed by atoms with E-state index in [-0.39, 0.29) is 29.0 Å². The number of anilines is 1. The molecule has 2 aromatic carbocycles. The average Bonchev–Trinajstić information content (AvgIpc) is 3.38. The Morgan fingerprint density at radius 1 is 1.06 bits per heavy atom. The quantitative estimate of drug-likeness (QED) is 0.513. The summed E-state index contributed by atoms with van der Waals surface area (Å²) in [4.78, 5) is 30.7. The summed E-state index contributed by atoms with van der Waals surface area (Å²) in [5, 5.41) is 3.91. The van der Waals surface area contributed by atoms with Crippen molar-refractivity contribution in [2.24, 2.45) is 0 Å². The predicted molar refractivity (Wildman–Crippen MR) is 113 cm³/mol. The Hall–Kier alpha value is -3.52. The summed E-state index contributed by atoms with van der Waals surface area (Å²) < 4.78 is 25.6. The molecule has 1 aliphatic heterocycles. The molecule has 0 unspecified atom stereocenters. The zero-order valence-electron chi connectivity index (χ0n) is 16.8. The molecule has 0 radical (unpaired) electrons. The van der Waals surface area contributed by atoms with E-state index in [1.54, 1.807) is 0 Å². The van der Waals surface area contributed by atoms with E-state index in [1.807, 2.05) is 30.3 Å². The van der Waals surface area contributed by atoms with Gasteiger partial charge in [0.1, 0.15) is 11.6 Å². The van der Waals surface area contributed by atoms with Crippen molar-refractivity contribution >= 4 is 29.1 Å². The topological polar surface area (TPSA) is 85.5 Å². The Labute approximate surface area is 187 Å². The molecule has 7 nitrogen and oxygen atoms in total. The van der Waals surface area contributed by atoms with E-state index in [2.05, 4.69) is 10.1 Å². The van der Waals surface area contributed by atoms with Crippen LogP contribution in [0, 0.1) is 5.82 Å². The third-order valence-corrected chi connectivity index (χ3v) is 5.78. The van der Waals surface area contributed by atoms with Gasteiger partial charge in [-0.1, -0.05) is 47.1 Å². The first-order valence-electron chi connectivity index (χ1n) is 10.1. The molecule has 2 aliphatic rings. The van der Waals surface area contributed by atoms with Gasteiger partial charge in [0.15, 0.2) is 6.61 Å². The number of carbonyl (C=O) groups excluding carboxylic acids is 2. The Morgan fingerprint density at radius 2 is 1.75 bits per heavy atom. The maximum absolute atomic E-state index is 14.7. The lowest BCUT2D eigenvalue weighted by Gasteiger charge is -2.18. The van der Waals surface area contributed by atoms with E-state index in [1.165, 1.54) is 6.07 Å². The van der Waals surface area contributed by atoms with Crippen LogP contribution in [0.1, 0.15) is 31.6 Å². The number of rotatable bonds is 5. The van der Waals surface area contributed by atoms with Gasteiger partial charge in [-0.15, -0.1) is 0 Å². The predicted octanol–water partition coefficient (Wildman–Crippen LogP) is 4.85. The molecule has 0 atom stereocenters. The first kappa shape index (κ1) is 20.4. The number of ether oxygens (including phenoxy) is 1. The van der Waals surface area contributed by atoms with Gasteiger partial charge in [-0.25, -0.2) is 9.29 Å². The SMILES string of the molecule is O=C1C2=C(CCCC2)C(=O)N1c1cc(OCc2nc(-c3ccccc3)no2)c(Cl)cc1F. The average molecular weight is 454 g/mol. The van der Waals surface area contributed by atoms with Crippen molar-refractivity contribution in [1.29, 1.82) is 0 Å². The summed E-state index contributed by atoms with van der Waals surface area (Å²) in [5.74, 6) is -1.07. The first-order chi connectivity index (χ1) is 15.5. The summed E-state index contributed by atoms with van der Waals surface area (Å²) in [6.45, 7) is -0.124. The van der Waals surface area contributed by atoms with Crippen LogP contribution in [0.4, 0.5) is 10.1 Å². The van der Waals surface area contributed by atoms with Crippen molar-refractivity contribution in [2.45, 2.75) is 32.3 Å². The van der Waals surface area contributed by atoms with Gasteiger partial charge in [0.25, 0.3) is 17.7 Å². The molecule has 1 aliphatic carbocycles. The Kier molecular flexibility index (Phi) is 5.22. The van der Waals surface area contributed by atoms with Crippen molar-refractivity contribution < 1.29 is 23.2 Å². The molecule has 0 fully saturated rings. The van der Waals surface area contributed by atoms with E-state index in [0.717, 1.165) is 29.4 Å². The second-order valence-electron chi connectivity index (χ2n) is 7.51. The molecule has 0 N–H and O–H groups in total. The van der Waals surface area contributed by atoms with Gasteiger partial charge in [-0.05, 0) is 31.7 Å². The number of nitrogens with zero attached hydrogens (tertiary/aromatic N) is 3. The molecular formula is C23H17ClFN3O4. The van der Waals surface area contributed by atoms with Crippen LogP contribution in [0.3, 0.4) is 0 Å². The monoisotopic (exact) mass is 453 g/mol. The molecule has 9 heteroatoms. The molecule has 32 heavy (non-hydrogen) atoms. The Balaban J connectivity index is 1.37. The van der Waals surface area contributed by atoms with E-state index >= 15 is 0 Å². The molecule has 0 saturated heterocycles. The van der Waals surface area contributed by atoms with Crippen molar-refractivity contribution in [3.63, 3.8) is 0 Å². The maximum atomic E-state index is 14.7. The third kappa shape index (κ3) is 3.56. The number of halogens is 2. The van der Waals surface area contributed by atoms with Crippen LogP contribution in [0.15, 0.2) is 58.1 Å². The molecule has 2 amide bonds. The molecule has 1 aromatic heterocycles. The highest BCUT2D eigenvalue weighted by Gasteiger charge is 2.41. The van der Waals surface area contributed by atoms with Crippen LogP contribution >= 0.6 is 11.6 Å². The summed E-state index contributed by atoms with van der Waals surface area (Å²) in [6, 6.07) is 11.6. The molecule has 2 heterocycles. The minimum absolute atomic E-state index is 0.00846. The highest BCUT2D eigenvalue weighted by molar-refractivity contribution is 6.34. The van der Waals surface area contributed by atoms with Crippen molar-refractivity contribution in [1.82, 2.24) is 10.1 Å². The lowest BCUT2D eigenvalue weighted by atomic mass is 9.93. The lowest BCUT2D eigenvalue weighted by molar-refractivity contribution is -0.120. The molecule has 0 bridgehead atoms. The smallest absolute Gasteiger partial charge is 0.264 e. The zero-order chi connectivity index (χ0) is 22.2. The second kappa shape index (κ2) is 8.20. The minimum Gasteiger partial charge on any atom is -0.482 e. The molecule has 0 saturated carbocycles. The molecule has 0 spiro atoms. The zero-order valence-corrected chi connectivity index (χ0v) is 17.6. The highest BCUT2D eigenvalue weighted by Crippen LogP contribution is 2.39. The van der Waals surface area contributed by atoms with Gasteiger partial charge < -0.3 is 9.26 Å². The van der Waals surface area contributed by atoms with Crippen LogP contribution in [-0.4, -0.2) is 22.0 Å². The number of aromatic nitrogens is 2. The second-order valence-corrected chi connectivity index (χ2v) is 7.92. The van der Waals surface area contributed by atoms with Crippen LogP contribution in [0.2, 0.25) is 5.02 Å². The largest absolute Gasteiger partial charge is 0.482 e. The van der Waals surface area contributed by atoms with Crippen molar-refractivity contribution in [3.8, 4) is 17.1 Å². The summed E-state index contributed by atoms with van der Waals surface area (Å²) in [6.07, 6.45) is 2.71. The van der Waals surface area contributed by atoms with Crippen molar-refractivity contribution in [2.75, 3.05) is 4.90 Å². The van der Waals surface area contributed by atoms with Crippen LogP contribution in [0.25, 0.3) is 11.4 Å². The summed E-state index contributed by atoms with van der Waals surface area (Å²) in [5.41, 5.74) is 1.53. The fraction of sp³-hybridized carbons (Fsp3) is 0.217. The van der Waals surface area contributed by atoms with Crippen LogP contribution in [-0.2, 0) is 16.2 Å². The van der Waals surface area contributed by atoms with E-state index < -0.39 is 17.6 Å². The summed E-state index contributed by atoms with van der Waals surface area (Å²) >= 11 is 6.14. The fourth-order valence-electron chi connectivity index (χ4n) is 3.92. The minimum atomic E-state index is -0.784. The van der Waals surface area contributed by atoms with Gasteiger partial charge in [0.2, 0.25) is 5.82 Å². The van der Waals surface area contributed by atoms with Crippen molar-refractivity contribution in [3.05, 3.63) is 70.3 Å². The third-order valence-electron chi connectivity index (χ3n) is 5.48. The molecule has 3 aromatic rings. The number of carbonyl (C=O) groups is 2. The number of hydrogen-bond donors (Lipinski definition) is 0. The number of benzene rings is 2. The first-order valence-corrected chi connectivity index (χ1v) is 10.5. The van der Waals surface area contributed by atoms with Gasteiger partial charge in [0.05, 0.1) is 10.7 Å². The molecular weight excluding hydrogens is 437 g/mol. The normalized spacial score (nSPS) is 16.0. The van der Waals surface area contributed by atoms with E-state index in [4.69, 9.17) is 20.9 Å². The Bertz CT molecular complexity index is 1230. The van der Waals surface area contributed by atoms with Gasteiger partial charge in [-0.3, -0.25) is 9.59 Å². The number of imide groups is 1. The van der Waals surface area contributed by atoms with Gasteiger partial charge in [0, 0.05) is 22.8 Å². The van der Waals surface area contributed by atoms with E-state index in [9.17, 15) is 14.0 Å². The summed E-state index contributed by atoms with van der Waals surface area (Å²) in [7, 11) is 0. The van der Waals surface area contributed by atoms with Crippen LogP contribution < -0.4 is 9.64 Å².